The molecule has 30 heavy (non-hydrogen) atoms. The molecule has 0 saturated carbocycles. The lowest BCUT2D eigenvalue weighted by molar-refractivity contribution is -0.117. The Morgan fingerprint density at radius 3 is 2.47 bits per heavy atom. The second kappa shape index (κ2) is 7.79. The summed E-state index contributed by atoms with van der Waals surface area (Å²) in [7, 11) is 0. The minimum absolute atomic E-state index is 0.0991. The summed E-state index contributed by atoms with van der Waals surface area (Å²) in [6.07, 6.45) is 1.44. The highest BCUT2D eigenvalue weighted by Crippen LogP contribution is 2.33. The molecule has 0 aliphatic carbocycles. The number of carbonyl (C=O) groups is 1. The van der Waals surface area contributed by atoms with E-state index in [0.717, 1.165) is 35.5 Å². The van der Waals surface area contributed by atoms with Gasteiger partial charge in [-0.15, -0.1) is 0 Å². The predicted molar refractivity (Wildman–Crippen MR) is 121 cm³/mol. The van der Waals surface area contributed by atoms with Gasteiger partial charge in [0.2, 0.25) is 5.91 Å². The standard InChI is InChI=1S/C26H25N3O/c1-19-11-13-22(14-12-19)29-18-21(17-25(29)30)26-27-23-9-5-6-10-24(23)28(26)16-15-20-7-3-2-4-8-20/h2-14,21H,15-18H2,1H3/t21-/m0/s1. The van der Waals surface area contributed by atoms with Crippen molar-refractivity contribution in [1.82, 2.24) is 9.55 Å². The second-order valence-corrected chi connectivity index (χ2v) is 8.09. The van der Waals surface area contributed by atoms with Crippen LogP contribution in [0.15, 0.2) is 78.9 Å². The lowest BCUT2D eigenvalue weighted by Gasteiger charge is -2.17. The van der Waals surface area contributed by atoms with Crippen molar-refractivity contribution in [2.75, 3.05) is 11.4 Å². The van der Waals surface area contributed by atoms with Crippen LogP contribution in [0.3, 0.4) is 0 Å². The molecule has 3 aromatic carbocycles. The molecule has 1 saturated heterocycles. The normalized spacial score (nSPS) is 16.5. The number of imidazole rings is 1. The Kier molecular flexibility index (Phi) is 4.83. The van der Waals surface area contributed by atoms with Gasteiger partial charge in [-0.3, -0.25) is 4.79 Å². The summed E-state index contributed by atoms with van der Waals surface area (Å²) in [6.45, 7) is 3.60. The van der Waals surface area contributed by atoms with E-state index in [0.29, 0.717) is 13.0 Å². The molecule has 1 atom stereocenters. The van der Waals surface area contributed by atoms with Crippen molar-refractivity contribution in [3.05, 3.63) is 95.8 Å². The van der Waals surface area contributed by atoms with E-state index in [4.69, 9.17) is 4.98 Å². The number of carbonyl (C=O) groups excluding carboxylic acids is 1. The number of hydrogen-bond donors (Lipinski definition) is 0. The van der Waals surface area contributed by atoms with Crippen molar-refractivity contribution >= 4 is 22.6 Å². The van der Waals surface area contributed by atoms with Crippen LogP contribution in [0.25, 0.3) is 11.0 Å². The number of para-hydroxylation sites is 2. The minimum atomic E-state index is 0.0991. The van der Waals surface area contributed by atoms with E-state index in [-0.39, 0.29) is 11.8 Å². The molecule has 1 amide bonds. The molecular formula is C26H25N3O. The van der Waals surface area contributed by atoms with Crippen LogP contribution in [0.2, 0.25) is 0 Å². The van der Waals surface area contributed by atoms with Gasteiger partial charge < -0.3 is 9.47 Å². The van der Waals surface area contributed by atoms with Crippen LogP contribution in [0.5, 0.6) is 0 Å². The fraction of sp³-hybridized carbons (Fsp3) is 0.231. The van der Waals surface area contributed by atoms with Crippen LogP contribution < -0.4 is 4.90 Å². The van der Waals surface area contributed by atoms with Gasteiger partial charge in [-0.2, -0.15) is 0 Å². The molecule has 4 aromatic rings. The first-order valence-corrected chi connectivity index (χ1v) is 10.5. The molecule has 150 valence electrons. The van der Waals surface area contributed by atoms with Gasteiger partial charge in [-0.05, 0) is 43.2 Å². The zero-order valence-corrected chi connectivity index (χ0v) is 17.2. The Labute approximate surface area is 176 Å². The maximum atomic E-state index is 12.8. The van der Waals surface area contributed by atoms with Crippen LogP contribution in [0, 0.1) is 6.92 Å². The fourth-order valence-corrected chi connectivity index (χ4v) is 4.38. The van der Waals surface area contributed by atoms with Crippen molar-refractivity contribution in [2.45, 2.75) is 32.2 Å². The number of aryl methyl sites for hydroxylation is 3. The third-order valence-corrected chi connectivity index (χ3v) is 5.99. The summed E-state index contributed by atoms with van der Waals surface area (Å²) in [4.78, 5) is 19.7. The molecule has 0 bridgehead atoms. The van der Waals surface area contributed by atoms with Crippen LogP contribution in [0.1, 0.15) is 29.3 Å². The number of benzene rings is 3. The van der Waals surface area contributed by atoms with Gasteiger partial charge in [0, 0.05) is 31.1 Å². The van der Waals surface area contributed by atoms with Crippen LogP contribution in [-0.4, -0.2) is 22.0 Å². The number of anilines is 1. The van der Waals surface area contributed by atoms with E-state index in [1.807, 2.05) is 29.2 Å². The first-order chi connectivity index (χ1) is 14.7. The van der Waals surface area contributed by atoms with Gasteiger partial charge in [-0.1, -0.05) is 60.2 Å². The summed E-state index contributed by atoms with van der Waals surface area (Å²) >= 11 is 0. The van der Waals surface area contributed by atoms with E-state index in [1.54, 1.807) is 0 Å². The first kappa shape index (κ1) is 18.6. The van der Waals surface area contributed by atoms with Gasteiger partial charge in [0.15, 0.2) is 0 Å². The van der Waals surface area contributed by atoms with Crippen molar-refractivity contribution in [3.63, 3.8) is 0 Å². The van der Waals surface area contributed by atoms with Gasteiger partial charge in [-0.25, -0.2) is 4.98 Å². The molecule has 1 fully saturated rings. The largest absolute Gasteiger partial charge is 0.327 e. The van der Waals surface area contributed by atoms with Crippen LogP contribution >= 0.6 is 0 Å². The van der Waals surface area contributed by atoms with E-state index in [1.165, 1.54) is 11.1 Å². The minimum Gasteiger partial charge on any atom is -0.327 e. The lowest BCUT2D eigenvalue weighted by Crippen LogP contribution is -2.24. The van der Waals surface area contributed by atoms with Gasteiger partial charge in [0.25, 0.3) is 0 Å². The van der Waals surface area contributed by atoms with E-state index < -0.39 is 0 Å². The molecule has 4 heteroatoms. The lowest BCUT2D eigenvalue weighted by atomic mass is 10.1. The number of hydrogen-bond acceptors (Lipinski definition) is 2. The highest BCUT2D eigenvalue weighted by molar-refractivity contribution is 5.96. The van der Waals surface area contributed by atoms with E-state index >= 15 is 0 Å². The quantitative estimate of drug-likeness (QED) is 0.471. The number of nitrogens with zero attached hydrogens (tertiary/aromatic N) is 3. The molecule has 0 radical (unpaired) electrons. The molecular weight excluding hydrogens is 370 g/mol. The Morgan fingerprint density at radius 2 is 1.67 bits per heavy atom. The van der Waals surface area contributed by atoms with E-state index in [2.05, 4.69) is 66.1 Å². The van der Waals surface area contributed by atoms with Crippen molar-refractivity contribution < 1.29 is 4.79 Å². The molecule has 1 aromatic heterocycles. The third-order valence-electron chi connectivity index (χ3n) is 5.99. The maximum absolute atomic E-state index is 12.8. The van der Waals surface area contributed by atoms with Crippen LogP contribution in [0.4, 0.5) is 5.69 Å². The molecule has 4 nitrogen and oxygen atoms in total. The Hall–Kier alpha value is -3.40. The summed E-state index contributed by atoms with van der Waals surface area (Å²) in [6, 6.07) is 27.0. The second-order valence-electron chi connectivity index (χ2n) is 8.09. The monoisotopic (exact) mass is 395 g/mol. The number of aromatic nitrogens is 2. The summed E-state index contributed by atoms with van der Waals surface area (Å²) in [5.41, 5.74) is 5.63. The fourth-order valence-electron chi connectivity index (χ4n) is 4.38. The summed E-state index contributed by atoms with van der Waals surface area (Å²) in [5, 5.41) is 0. The number of fused-ring (bicyclic) bond motifs is 1. The topological polar surface area (TPSA) is 38.1 Å². The molecule has 0 unspecified atom stereocenters. The van der Waals surface area contributed by atoms with Crippen LogP contribution in [-0.2, 0) is 17.8 Å². The molecule has 0 N–H and O–H groups in total. The molecule has 5 rings (SSSR count). The first-order valence-electron chi connectivity index (χ1n) is 10.5. The van der Waals surface area contributed by atoms with E-state index in [9.17, 15) is 4.79 Å². The maximum Gasteiger partial charge on any atom is 0.227 e. The van der Waals surface area contributed by atoms with Crippen molar-refractivity contribution in [1.29, 1.82) is 0 Å². The van der Waals surface area contributed by atoms with Gasteiger partial charge in [0.05, 0.1) is 11.0 Å². The number of amides is 1. The average Bonchev–Trinajstić information content (AvgIpc) is 3.34. The average molecular weight is 396 g/mol. The Morgan fingerprint density at radius 1 is 0.933 bits per heavy atom. The zero-order chi connectivity index (χ0) is 20.5. The smallest absolute Gasteiger partial charge is 0.227 e. The number of rotatable bonds is 5. The molecule has 1 aliphatic rings. The highest BCUT2D eigenvalue weighted by Gasteiger charge is 2.34. The predicted octanol–water partition coefficient (Wildman–Crippen LogP) is 5.11. The molecule has 1 aliphatic heterocycles. The highest BCUT2D eigenvalue weighted by atomic mass is 16.2. The van der Waals surface area contributed by atoms with Gasteiger partial charge >= 0.3 is 0 Å². The molecule has 0 spiro atoms. The Bertz CT molecular complexity index is 1180. The van der Waals surface area contributed by atoms with Crippen molar-refractivity contribution in [2.24, 2.45) is 0 Å². The summed E-state index contributed by atoms with van der Waals surface area (Å²) in [5.74, 6) is 1.29. The van der Waals surface area contributed by atoms with Gasteiger partial charge in [0.1, 0.15) is 5.82 Å². The summed E-state index contributed by atoms with van der Waals surface area (Å²) < 4.78 is 2.32. The third kappa shape index (κ3) is 3.50. The Balaban J connectivity index is 1.46. The zero-order valence-electron chi connectivity index (χ0n) is 17.2. The van der Waals surface area contributed by atoms with Crippen molar-refractivity contribution in [3.8, 4) is 0 Å². The SMILES string of the molecule is Cc1ccc(N2C[C@@H](c3nc4ccccc4n3CCc3ccccc3)CC2=O)cc1. The molecule has 2 heterocycles.